The first-order valence-corrected chi connectivity index (χ1v) is 12.4. The van der Waals surface area contributed by atoms with Crippen LogP contribution in [-0.4, -0.2) is 45.6 Å². The molecule has 2 aliphatic rings. The van der Waals surface area contributed by atoms with Gasteiger partial charge in [-0.25, -0.2) is 9.37 Å². The van der Waals surface area contributed by atoms with Crippen LogP contribution in [0.4, 0.5) is 4.39 Å². The van der Waals surface area contributed by atoms with Crippen molar-refractivity contribution in [1.82, 2.24) is 15.0 Å². The highest BCUT2D eigenvalue weighted by Crippen LogP contribution is 2.38. The van der Waals surface area contributed by atoms with Crippen LogP contribution in [0.2, 0.25) is 0 Å². The third kappa shape index (κ3) is 4.99. The molecule has 0 spiro atoms. The van der Waals surface area contributed by atoms with Crippen LogP contribution in [-0.2, 0) is 29.6 Å². The Morgan fingerprint density at radius 1 is 1.03 bits per heavy atom. The van der Waals surface area contributed by atoms with E-state index in [1.54, 1.807) is 43.6 Å². The highest BCUT2D eigenvalue weighted by atomic mass is 19.1. The fraction of sp³-hybridized carbons (Fsp3) is 0.407. The number of primary amides is 1. The second-order valence-electron chi connectivity index (χ2n) is 9.82. The van der Waals surface area contributed by atoms with Crippen LogP contribution in [0.3, 0.4) is 0 Å². The molecule has 0 radical (unpaired) electrons. The minimum atomic E-state index is -2.03. The van der Waals surface area contributed by atoms with Crippen LogP contribution in [0.15, 0.2) is 48.8 Å². The van der Waals surface area contributed by atoms with Gasteiger partial charge in [-0.05, 0) is 56.2 Å². The molecular weight excluding hydrogens is 479 g/mol. The molecule has 1 aliphatic carbocycles. The SMILES string of the molecule is CC1(OC(=O)C2CCCCC2)COC(C(N)=O)(c2nc(-c3ccc(F)cc3)c(-c3ccncc3)[nH]2)OC1. The Morgan fingerprint density at radius 3 is 2.30 bits per heavy atom. The average Bonchev–Trinajstić information content (AvgIpc) is 3.36. The number of nitrogens with two attached hydrogens (primary N) is 1. The predicted octanol–water partition coefficient (Wildman–Crippen LogP) is 3.84. The van der Waals surface area contributed by atoms with Gasteiger partial charge in [0.2, 0.25) is 0 Å². The number of pyridine rings is 1. The first-order valence-electron chi connectivity index (χ1n) is 12.4. The van der Waals surface area contributed by atoms with Crippen molar-refractivity contribution in [3.8, 4) is 22.5 Å². The number of imidazole rings is 1. The molecule has 0 bridgehead atoms. The zero-order chi connectivity index (χ0) is 26.0. The molecule has 1 amide bonds. The largest absolute Gasteiger partial charge is 0.454 e. The quantitative estimate of drug-likeness (QED) is 0.484. The van der Waals surface area contributed by atoms with Gasteiger partial charge in [0.15, 0.2) is 11.4 Å². The molecule has 3 N–H and O–H groups in total. The van der Waals surface area contributed by atoms with Gasteiger partial charge in [-0.3, -0.25) is 14.6 Å². The summed E-state index contributed by atoms with van der Waals surface area (Å²) in [5.74, 6) is -3.71. The standard InChI is InChI=1S/C27H29FN4O5/c1-26(37-23(33)19-5-3-2-4-6-19)15-35-27(24(29)34,36-16-26)25-31-21(17-7-9-20(28)10-8-17)22(32-25)18-11-13-30-14-12-18/h7-14,19H,2-6,15-16H2,1H3,(H2,29,34)(H,31,32). The Bertz CT molecular complexity index is 1260. The van der Waals surface area contributed by atoms with Crippen molar-refractivity contribution in [1.29, 1.82) is 0 Å². The summed E-state index contributed by atoms with van der Waals surface area (Å²) < 4.78 is 31.3. The molecule has 3 heterocycles. The van der Waals surface area contributed by atoms with E-state index in [9.17, 15) is 14.0 Å². The molecule has 10 heteroatoms. The third-order valence-electron chi connectivity index (χ3n) is 6.87. The number of hydrogen-bond donors (Lipinski definition) is 2. The predicted molar refractivity (Wildman–Crippen MR) is 131 cm³/mol. The summed E-state index contributed by atoms with van der Waals surface area (Å²) in [7, 11) is 0. The lowest BCUT2D eigenvalue weighted by molar-refractivity contribution is -0.310. The molecule has 1 saturated carbocycles. The Labute approximate surface area is 213 Å². The number of nitrogens with zero attached hydrogens (tertiary/aromatic N) is 2. The first-order chi connectivity index (χ1) is 17.8. The molecule has 0 atom stereocenters. The van der Waals surface area contributed by atoms with E-state index in [1.807, 2.05) is 0 Å². The number of rotatable bonds is 6. The van der Waals surface area contributed by atoms with Crippen molar-refractivity contribution in [2.45, 2.75) is 50.4 Å². The molecule has 2 fully saturated rings. The number of nitrogens with one attached hydrogen (secondary N) is 1. The van der Waals surface area contributed by atoms with E-state index in [4.69, 9.17) is 19.9 Å². The van der Waals surface area contributed by atoms with Crippen LogP contribution in [0.1, 0.15) is 44.9 Å². The average molecular weight is 509 g/mol. The van der Waals surface area contributed by atoms with Crippen molar-refractivity contribution in [3.63, 3.8) is 0 Å². The van der Waals surface area contributed by atoms with Gasteiger partial charge in [-0.1, -0.05) is 19.3 Å². The van der Waals surface area contributed by atoms with Crippen molar-refractivity contribution >= 4 is 11.9 Å². The second kappa shape index (κ2) is 10.0. The van der Waals surface area contributed by atoms with E-state index in [2.05, 4.69) is 15.0 Å². The summed E-state index contributed by atoms with van der Waals surface area (Å²) in [4.78, 5) is 37.3. The van der Waals surface area contributed by atoms with Gasteiger partial charge in [-0.2, -0.15) is 0 Å². The number of H-pyrrole nitrogens is 1. The number of esters is 1. The summed E-state index contributed by atoms with van der Waals surface area (Å²) in [5, 5.41) is 0. The molecule has 37 heavy (non-hydrogen) atoms. The van der Waals surface area contributed by atoms with Crippen LogP contribution < -0.4 is 5.73 Å². The van der Waals surface area contributed by atoms with E-state index in [1.165, 1.54) is 12.1 Å². The minimum absolute atomic E-state index is 0.0341. The fourth-order valence-corrected chi connectivity index (χ4v) is 4.78. The smallest absolute Gasteiger partial charge is 0.310 e. The first kappa shape index (κ1) is 25.0. The second-order valence-corrected chi connectivity index (χ2v) is 9.82. The van der Waals surface area contributed by atoms with Crippen LogP contribution in [0.5, 0.6) is 0 Å². The molecule has 1 saturated heterocycles. The monoisotopic (exact) mass is 508 g/mol. The lowest BCUT2D eigenvalue weighted by Crippen LogP contribution is -2.58. The van der Waals surface area contributed by atoms with Gasteiger partial charge in [-0.15, -0.1) is 0 Å². The number of aromatic nitrogens is 3. The van der Waals surface area contributed by atoms with Crippen LogP contribution >= 0.6 is 0 Å². The maximum atomic E-state index is 13.6. The van der Waals surface area contributed by atoms with Crippen molar-refractivity contribution < 1.29 is 28.2 Å². The van der Waals surface area contributed by atoms with E-state index >= 15 is 0 Å². The highest BCUT2D eigenvalue weighted by molar-refractivity contribution is 5.85. The number of ether oxygens (including phenoxy) is 3. The number of hydrogen-bond acceptors (Lipinski definition) is 7. The maximum absolute atomic E-state index is 13.6. The van der Waals surface area contributed by atoms with Crippen LogP contribution in [0.25, 0.3) is 22.5 Å². The molecule has 1 aromatic carbocycles. The lowest BCUT2D eigenvalue weighted by Gasteiger charge is -2.41. The zero-order valence-electron chi connectivity index (χ0n) is 20.5. The van der Waals surface area contributed by atoms with Crippen LogP contribution in [0, 0.1) is 11.7 Å². The van der Waals surface area contributed by atoms with E-state index in [-0.39, 0.29) is 36.7 Å². The minimum Gasteiger partial charge on any atom is -0.454 e. The summed E-state index contributed by atoms with van der Waals surface area (Å²) in [6.45, 7) is 1.46. The normalized spacial score (nSPS) is 24.5. The molecule has 2 aromatic heterocycles. The Morgan fingerprint density at radius 2 is 1.68 bits per heavy atom. The fourth-order valence-electron chi connectivity index (χ4n) is 4.78. The topological polar surface area (TPSA) is 129 Å². The number of benzene rings is 1. The maximum Gasteiger partial charge on any atom is 0.310 e. The zero-order valence-corrected chi connectivity index (χ0v) is 20.5. The summed E-state index contributed by atoms with van der Waals surface area (Å²) >= 11 is 0. The van der Waals surface area contributed by atoms with Gasteiger partial charge in [0, 0.05) is 23.5 Å². The number of aromatic amines is 1. The van der Waals surface area contributed by atoms with E-state index in [0.717, 1.165) is 37.7 Å². The number of carbonyl (C=O) groups is 2. The summed E-state index contributed by atoms with van der Waals surface area (Å²) in [5.41, 5.74) is 7.03. The molecule has 194 valence electrons. The van der Waals surface area contributed by atoms with Gasteiger partial charge >= 0.3 is 11.8 Å². The van der Waals surface area contributed by atoms with Crippen molar-refractivity contribution in [2.75, 3.05) is 13.2 Å². The molecule has 0 unspecified atom stereocenters. The van der Waals surface area contributed by atoms with Gasteiger partial charge < -0.3 is 24.9 Å². The Kier molecular flexibility index (Phi) is 6.78. The Balaban J connectivity index is 1.45. The summed E-state index contributed by atoms with van der Waals surface area (Å²) in [6.07, 6.45) is 7.98. The van der Waals surface area contributed by atoms with Crippen molar-refractivity contribution in [2.24, 2.45) is 11.7 Å². The molecule has 1 aliphatic heterocycles. The van der Waals surface area contributed by atoms with Crippen molar-refractivity contribution in [3.05, 3.63) is 60.4 Å². The van der Waals surface area contributed by atoms with E-state index in [0.29, 0.717) is 17.0 Å². The third-order valence-corrected chi connectivity index (χ3v) is 6.87. The molecular formula is C27H29FN4O5. The molecule has 3 aromatic rings. The summed E-state index contributed by atoms with van der Waals surface area (Å²) in [6, 6.07) is 9.35. The molecule has 5 rings (SSSR count). The van der Waals surface area contributed by atoms with E-state index < -0.39 is 17.3 Å². The number of amides is 1. The lowest BCUT2D eigenvalue weighted by atomic mass is 9.89. The van der Waals surface area contributed by atoms with Gasteiger partial charge in [0.05, 0.1) is 30.5 Å². The number of carbonyl (C=O) groups excluding carboxylic acids is 2. The van der Waals surface area contributed by atoms with Gasteiger partial charge in [0.1, 0.15) is 5.82 Å². The highest BCUT2D eigenvalue weighted by Gasteiger charge is 2.53. The molecule has 9 nitrogen and oxygen atoms in total. The van der Waals surface area contributed by atoms with Gasteiger partial charge in [0.25, 0.3) is 5.91 Å². The number of halogens is 1. The Hall–Kier alpha value is -3.63.